The molecular formula is C19H17ClN6O. The molecule has 0 aliphatic heterocycles. The molecule has 7 nitrogen and oxygen atoms in total. The standard InChI is InChI=1S/C19H17ClN6O/c20-15-9-5-4-8-14(15)12-26-19-16(24-25-26)18(21-10-11-27)22-17(23-19)13-6-2-1-3-7-13/h1-9,27H,10-12H2,(H,21,22,23). The summed E-state index contributed by atoms with van der Waals surface area (Å²) in [6.45, 7) is 0.790. The molecule has 4 rings (SSSR count). The fourth-order valence-electron chi connectivity index (χ4n) is 2.76. The molecule has 0 saturated heterocycles. The maximum atomic E-state index is 9.15. The van der Waals surface area contributed by atoms with Crippen molar-refractivity contribution >= 4 is 28.6 Å². The smallest absolute Gasteiger partial charge is 0.184 e. The van der Waals surface area contributed by atoms with Crippen LogP contribution in [-0.2, 0) is 6.54 Å². The minimum atomic E-state index is -0.0140. The zero-order valence-electron chi connectivity index (χ0n) is 14.4. The van der Waals surface area contributed by atoms with E-state index in [0.717, 1.165) is 11.1 Å². The lowest BCUT2D eigenvalue weighted by molar-refractivity contribution is 0.311. The van der Waals surface area contributed by atoms with Gasteiger partial charge in [-0.05, 0) is 11.6 Å². The van der Waals surface area contributed by atoms with E-state index in [0.29, 0.717) is 40.9 Å². The van der Waals surface area contributed by atoms with Crippen molar-refractivity contribution < 1.29 is 5.11 Å². The molecule has 4 aromatic rings. The van der Waals surface area contributed by atoms with Crippen LogP contribution in [-0.4, -0.2) is 43.2 Å². The van der Waals surface area contributed by atoms with Gasteiger partial charge in [0.2, 0.25) is 0 Å². The number of halogens is 1. The van der Waals surface area contributed by atoms with Gasteiger partial charge in [-0.2, -0.15) is 0 Å². The first-order chi connectivity index (χ1) is 13.3. The molecule has 0 spiro atoms. The van der Waals surface area contributed by atoms with Gasteiger partial charge in [-0.15, -0.1) is 5.10 Å². The summed E-state index contributed by atoms with van der Waals surface area (Å²) in [5, 5.41) is 21.4. The summed E-state index contributed by atoms with van der Waals surface area (Å²) in [4.78, 5) is 9.25. The zero-order chi connectivity index (χ0) is 18.6. The first-order valence-corrected chi connectivity index (χ1v) is 8.89. The van der Waals surface area contributed by atoms with Crippen molar-refractivity contribution in [3.63, 3.8) is 0 Å². The summed E-state index contributed by atoms with van der Waals surface area (Å²) >= 11 is 6.28. The van der Waals surface area contributed by atoms with Crippen molar-refractivity contribution in [3.8, 4) is 11.4 Å². The highest BCUT2D eigenvalue weighted by molar-refractivity contribution is 6.31. The predicted octanol–water partition coefficient (Wildman–Crippen LogP) is 2.99. The van der Waals surface area contributed by atoms with E-state index in [9.17, 15) is 0 Å². The van der Waals surface area contributed by atoms with Gasteiger partial charge in [0.15, 0.2) is 22.8 Å². The molecule has 0 atom stereocenters. The summed E-state index contributed by atoms with van der Waals surface area (Å²) in [5.74, 6) is 1.10. The number of nitrogens with zero attached hydrogens (tertiary/aromatic N) is 5. The first-order valence-electron chi connectivity index (χ1n) is 8.51. The minimum absolute atomic E-state index is 0.0140. The Morgan fingerprint density at radius 3 is 2.56 bits per heavy atom. The van der Waals surface area contributed by atoms with Crippen LogP contribution in [0.3, 0.4) is 0 Å². The number of hydrogen-bond donors (Lipinski definition) is 2. The highest BCUT2D eigenvalue weighted by Crippen LogP contribution is 2.24. The maximum absolute atomic E-state index is 9.15. The van der Waals surface area contributed by atoms with Crippen LogP contribution in [0.4, 0.5) is 5.82 Å². The van der Waals surface area contributed by atoms with Crippen LogP contribution in [0.5, 0.6) is 0 Å². The van der Waals surface area contributed by atoms with E-state index < -0.39 is 0 Å². The summed E-state index contributed by atoms with van der Waals surface area (Å²) in [6.07, 6.45) is 0. The van der Waals surface area contributed by atoms with Crippen molar-refractivity contribution in [2.75, 3.05) is 18.5 Å². The molecule has 0 amide bonds. The monoisotopic (exact) mass is 380 g/mol. The molecule has 0 saturated carbocycles. The maximum Gasteiger partial charge on any atom is 0.184 e. The van der Waals surface area contributed by atoms with Crippen molar-refractivity contribution in [3.05, 3.63) is 65.2 Å². The van der Waals surface area contributed by atoms with Gasteiger partial charge in [0.1, 0.15) is 0 Å². The largest absolute Gasteiger partial charge is 0.395 e. The highest BCUT2D eigenvalue weighted by atomic mass is 35.5. The second kappa shape index (κ2) is 7.69. The van der Waals surface area contributed by atoms with Gasteiger partial charge in [-0.3, -0.25) is 0 Å². The first kappa shape index (κ1) is 17.4. The number of fused-ring (bicyclic) bond motifs is 1. The molecule has 27 heavy (non-hydrogen) atoms. The number of hydrogen-bond acceptors (Lipinski definition) is 6. The molecule has 136 valence electrons. The summed E-state index contributed by atoms with van der Waals surface area (Å²) in [5.41, 5.74) is 2.96. The predicted molar refractivity (Wildman–Crippen MR) is 105 cm³/mol. The van der Waals surface area contributed by atoms with Gasteiger partial charge in [-0.25, -0.2) is 14.6 Å². The lowest BCUT2D eigenvalue weighted by Gasteiger charge is -2.08. The van der Waals surface area contributed by atoms with Gasteiger partial charge < -0.3 is 10.4 Å². The third-order valence-corrected chi connectivity index (χ3v) is 4.45. The highest BCUT2D eigenvalue weighted by Gasteiger charge is 2.16. The topological polar surface area (TPSA) is 88.8 Å². The molecule has 2 aromatic carbocycles. The fourth-order valence-corrected chi connectivity index (χ4v) is 2.96. The Hall–Kier alpha value is -3.03. The molecule has 0 radical (unpaired) electrons. The number of aromatic nitrogens is 5. The van der Waals surface area contributed by atoms with Crippen LogP contribution in [0.15, 0.2) is 54.6 Å². The molecule has 2 aromatic heterocycles. The lowest BCUT2D eigenvalue weighted by atomic mass is 10.2. The van der Waals surface area contributed by atoms with E-state index in [1.807, 2.05) is 54.6 Å². The second-order valence-corrected chi connectivity index (χ2v) is 6.33. The van der Waals surface area contributed by atoms with Gasteiger partial charge in [0, 0.05) is 17.1 Å². The van der Waals surface area contributed by atoms with Crippen molar-refractivity contribution in [1.82, 2.24) is 25.0 Å². The quantitative estimate of drug-likeness (QED) is 0.534. The van der Waals surface area contributed by atoms with Crippen molar-refractivity contribution in [2.45, 2.75) is 6.54 Å². The van der Waals surface area contributed by atoms with E-state index in [1.54, 1.807) is 4.68 Å². The Morgan fingerprint density at radius 1 is 1.00 bits per heavy atom. The minimum Gasteiger partial charge on any atom is -0.395 e. The van der Waals surface area contributed by atoms with E-state index in [4.69, 9.17) is 16.7 Å². The Bertz CT molecular complexity index is 1070. The van der Waals surface area contributed by atoms with E-state index >= 15 is 0 Å². The van der Waals surface area contributed by atoms with Gasteiger partial charge >= 0.3 is 0 Å². The van der Waals surface area contributed by atoms with Crippen LogP contribution in [0, 0.1) is 0 Å². The number of benzene rings is 2. The number of rotatable bonds is 6. The number of aliphatic hydroxyl groups excluding tert-OH is 1. The summed E-state index contributed by atoms with van der Waals surface area (Å²) in [6, 6.07) is 17.3. The van der Waals surface area contributed by atoms with Crippen LogP contribution in [0.25, 0.3) is 22.6 Å². The molecule has 0 fully saturated rings. The van der Waals surface area contributed by atoms with Crippen LogP contribution in [0.2, 0.25) is 5.02 Å². The Morgan fingerprint density at radius 2 is 1.78 bits per heavy atom. The third-order valence-electron chi connectivity index (χ3n) is 4.08. The number of anilines is 1. The van der Waals surface area contributed by atoms with Crippen LogP contribution in [0.1, 0.15) is 5.56 Å². The van der Waals surface area contributed by atoms with Gasteiger partial charge in [0.05, 0.1) is 13.2 Å². The van der Waals surface area contributed by atoms with Gasteiger partial charge in [-0.1, -0.05) is 65.3 Å². The summed E-state index contributed by atoms with van der Waals surface area (Å²) < 4.78 is 1.70. The zero-order valence-corrected chi connectivity index (χ0v) is 15.1. The average Bonchev–Trinajstić information content (AvgIpc) is 3.11. The number of aliphatic hydroxyl groups is 1. The Balaban J connectivity index is 1.83. The van der Waals surface area contributed by atoms with Crippen LogP contribution >= 0.6 is 11.6 Å². The molecule has 0 aliphatic rings. The normalized spacial score (nSPS) is 11.0. The molecular weight excluding hydrogens is 364 g/mol. The van der Waals surface area contributed by atoms with Crippen molar-refractivity contribution in [1.29, 1.82) is 0 Å². The van der Waals surface area contributed by atoms with E-state index in [1.165, 1.54) is 0 Å². The van der Waals surface area contributed by atoms with E-state index in [2.05, 4.69) is 25.6 Å². The number of nitrogens with one attached hydrogen (secondary N) is 1. The fraction of sp³-hybridized carbons (Fsp3) is 0.158. The molecule has 0 unspecified atom stereocenters. The molecule has 2 N–H and O–H groups in total. The van der Waals surface area contributed by atoms with Gasteiger partial charge in [0.25, 0.3) is 0 Å². The average molecular weight is 381 g/mol. The molecule has 2 heterocycles. The third kappa shape index (κ3) is 3.60. The van der Waals surface area contributed by atoms with Crippen LogP contribution < -0.4 is 5.32 Å². The molecule has 0 aliphatic carbocycles. The SMILES string of the molecule is OCCNc1nc(-c2ccccc2)nc2c1nnn2Cc1ccccc1Cl. The Labute approximate surface area is 160 Å². The van der Waals surface area contributed by atoms with Crippen molar-refractivity contribution in [2.24, 2.45) is 0 Å². The Kier molecular flexibility index (Phi) is 4.95. The second-order valence-electron chi connectivity index (χ2n) is 5.92. The lowest BCUT2D eigenvalue weighted by Crippen LogP contribution is -2.09. The van der Waals surface area contributed by atoms with E-state index in [-0.39, 0.29) is 6.61 Å². The molecule has 0 bridgehead atoms. The summed E-state index contributed by atoms with van der Waals surface area (Å²) in [7, 11) is 0. The molecule has 8 heteroatoms.